The Morgan fingerprint density at radius 2 is 2.09 bits per heavy atom. The van der Waals surface area contributed by atoms with Gasteiger partial charge in [-0.2, -0.15) is 0 Å². The van der Waals surface area contributed by atoms with Gasteiger partial charge in [-0.3, -0.25) is 9.69 Å². The average Bonchev–Trinajstić information content (AvgIpc) is 2.94. The number of hydrogen-bond acceptors (Lipinski definition) is 4. The average molecular weight is 316 g/mol. The van der Waals surface area contributed by atoms with Crippen LogP contribution < -0.4 is 0 Å². The van der Waals surface area contributed by atoms with E-state index < -0.39 is 0 Å². The van der Waals surface area contributed by atoms with Gasteiger partial charge in [0.1, 0.15) is 5.76 Å². The highest BCUT2D eigenvalue weighted by Crippen LogP contribution is 2.48. The first-order chi connectivity index (χ1) is 10.8. The van der Waals surface area contributed by atoms with Crippen molar-refractivity contribution < 1.29 is 9.21 Å². The molecular formula is C17H20N2O2S. The second-order valence-corrected chi connectivity index (χ2v) is 7.18. The molecule has 0 radical (unpaired) electrons. The van der Waals surface area contributed by atoms with Gasteiger partial charge in [0.2, 0.25) is 5.91 Å². The summed E-state index contributed by atoms with van der Waals surface area (Å²) in [5.41, 5.74) is 0. The predicted molar refractivity (Wildman–Crippen MR) is 85.7 cm³/mol. The maximum atomic E-state index is 12.6. The molecule has 116 valence electrons. The van der Waals surface area contributed by atoms with Crippen LogP contribution in [-0.4, -0.2) is 41.9 Å². The molecule has 1 aliphatic heterocycles. The number of hydrogen-bond donors (Lipinski definition) is 0. The van der Waals surface area contributed by atoms with Crippen molar-refractivity contribution in [2.75, 3.05) is 26.2 Å². The molecule has 2 atom stereocenters. The van der Waals surface area contributed by atoms with E-state index in [0.29, 0.717) is 11.8 Å². The lowest BCUT2D eigenvalue weighted by Gasteiger charge is -2.34. The Balaban J connectivity index is 1.28. The van der Waals surface area contributed by atoms with Crippen LogP contribution in [0.4, 0.5) is 0 Å². The topological polar surface area (TPSA) is 36.7 Å². The van der Waals surface area contributed by atoms with Gasteiger partial charge < -0.3 is 9.32 Å². The first kappa shape index (κ1) is 14.0. The lowest BCUT2D eigenvalue weighted by molar-refractivity contribution is -0.134. The van der Waals surface area contributed by atoms with E-state index in [0.717, 1.165) is 44.9 Å². The smallest absolute Gasteiger partial charge is 0.226 e. The summed E-state index contributed by atoms with van der Waals surface area (Å²) in [6.07, 6.45) is 2.64. The molecule has 4 nitrogen and oxygen atoms in total. The van der Waals surface area contributed by atoms with Crippen LogP contribution in [0.25, 0.3) is 0 Å². The number of rotatable bonds is 4. The summed E-state index contributed by atoms with van der Waals surface area (Å²) in [5, 5.41) is 2.12. The van der Waals surface area contributed by atoms with Crippen molar-refractivity contribution in [2.45, 2.75) is 18.9 Å². The monoisotopic (exact) mass is 316 g/mol. The minimum Gasteiger partial charge on any atom is -0.469 e. The molecule has 1 saturated carbocycles. The Kier molecular flexibility index (Phi) is 3.76. The van der Waals surface area contributed by atoms with Gasteiger partial charge in [0, 0.05) is 49.4 Å². The number of furan rings is 1. The lowest BCUT2D eigenvalue weighted by atomic mass is 10.2. The first-order valence-corrected chi connectivity index (χ1v) is 8.76. The van der Waals surface area contributed by atoms with E-state index >= 15 is 0 Å². The van der Waals surface area contributed by atoms with Crippen LogP contribution in [0.15, 0.2) is 40.3 Å². The van der Waals surface area contributed by atoms with E-state index in [1.165, 1.54) is 4.88 Å². The van der Waals surface area contributed by atoms with Gasteiger partial charge in [0.25, 0.3) is 0 Å². The molecule has 5 heteroatoms. The number of piperazine rings is 1. The quantitative estimate of drug-likeness (QED) is 0.870. The summed E-state index contributed by atoms with van der Waals surface area (Å²) < 4.78 is 5.42. The fraction of sp³-hybridized carbons (Fsp3) is 0.471. The second kappa shape index (κ2) is 5.89. The van der Waals surface area contributed by atoms with Crippen molar-refractivity contribution in [1.29, 1.82) is 0 Å². The second-order valence-electron chi connectivity index (χ2n) is 6.14. The maximum absolute atomic E-state index is 12.6. The number of carbonyl (C=O) groups excluding carboxylic acids is 1. The number of amides is 1. The highest BCUT2D eigenvalue weighted by molar-refractivity contribution is 7.09. The fourth-order valence-electron chi connectivity index (χ4n) is 3.27. The first-order valence-electron chi connectivity index (χ1n) is 7.88. The standard InChI is InChI=1S/C17H20N2O2S/c20-17(15-11-14(15)16-4-1-9-21-16)19-7-5-18(6-8-19)12-13-3-2-10-22-13/h1-4,9-10,14-15H,5-8,11-12H2/t14-,15-/m0/s1. The lowest BCUT2D eigenvalue weighted by Crippen LogP contribution is -2.48. The van der Waals surface area contributed by atoms with Gasteiger partial charge in [-0.05, 0) is 30.0 Å². The molecule has 2 fully saturated rings. The number of nitrogens with zero attached hydrogens (tertiary/aromatic N) is 2. The predicted octanol–water partition coefficient (Wildman–Crippen LogP) is 2.79. The minimum atomic E-state index is 0.148. The molecule has 1 amide bonds. The maximum Gasteiger partial charge on any atom is 0.226 e. The largest absolute Gasteiger partial charge is 0.469 e. The molecular weight excluding hydrogens is 296 g/mol. The third kappa shape index (κ3) is 2.83. The molecule has 0 unspecified atom stereocenters. The Morgan fingerprint density at radius 1 is 1.23 bits per heavy atom. The molecule has 0 spiro atoms. The number of carbonyl (C=O) groups is 1. The van der Waals surface area contributed by atoms with E-state index in [1.807, 2.05) is 17.0 Å². The van der Waals surface area contributed by atoms with Crippen LogP contribution >= 0.6 is 11.3 Å². The normalized spacial score (nSPS) is 25.4. The van der Waals surface area contributed by atoms with Crippen molar-refractivity contribution in [3.8, 4) is 0 Å². The summed E-state index contributed by atoms with van der Waals surface area (Å²) in [4.78, 5) is 18.4. The van der Waals surface area contributed by atoms with Crippen LogP contribution in [0.5, 0.6) is 0 Å². The van der Waals surface area contributed by atoms with Crippen LogP contribution in [0.3, 0.4) is 0 Å². The number of thiophene rings is 1. The Hall–Kier alpha value is -1.59. The van der Waals surface area contributed by atoms with E-state index in [1.54, 1.807) is 17.6 Å². The van der Waals surface area contributed by atoms with E-state index in [-0.39, 0.29) is 5.92 Å². The van der Waals surface area contributed by atoms with Gasteiger partial charge in [-0.1, -0.05) is 6.07 Å². The molecule has 1 saturated heterocycles. The molecule has 2 aliphatic rings. The summed E-state index contributed by atoms with van der Waals surface area (Å²) >= 11 is 1.80. The van der Waals surface area contributed by atoms with Gasteiger partial charge >= 0.3 is 0 Å². The van der Waals surface area contributed by atoms with Gasteiger partial charge in [0.15, 0.2) is 0 Å². The minimum absolute atomic E-state index is 0.148. The fourth-order valence-corrected chi connectivity index (χ4v) is 4.01. The van der Waals surface area contributed by atoms with Crippen molar-refractivity contribution in [2.24, 2.45) is 5.92 Å². The molecule has 3 heterocycles. The molecule has 22 heavy (non-hydrogen) atoms. The van der Waals surface area contributed by atoms with E-state index in [2.05, 4.69) is 22.4 Å². The zero-order chi connectivity index (χ0) is 14.9. The third-order valence-corrected chi connectivity index (χ3v) is 5.52. The summed E-state index contributed by atoms with van der Waals surface area (Å²) in [6, 6.07) is 8.16. The summed E-state index contributed by atoms with van der Waals surface area (Å²) in [6.45, 7) is 4.67. The SMILES string of the molecule is O=C([C@H]1C[C@@H]1c1ccco1)N1CCN(Cc2cccs2)CC1. The van der Waals surface area contributed by atoms with E-state index in [9.17, 15) is 4.79 Å². The highest BCUT2D eigenvalue weighted by atomic mass is 32.1. The zero-order valence-corrected chi connectivity index (χ0v) is 13.3. The molecule has 0 aromatic carbocycles. The zero-order valence-electron chi connectivity index (χ0n) is 12.5. The van der Waals surface area contributed by atoms with Crippen molar-refractivity contribution in [3.05, 3.63) is 46.5 Å². The van der Waals surface area contributed by atoms with Crippen molar-refractivity contribution in [3.63, 3.8) is 0 Å². The van der Waals surface area contributed by atoms with Gasteiger partial charge in [-0.25, -0.2) is 0 Å². The molecule has 2 aromatic rings. The van der Waals surface area contributed by atoms with Crippen LogP contribution in [0.1, 0.15) is 23.0 Å². The van der Waals surface area contributed by atoms with Crippen molar-refractivity contribution >= 4 is 17.2 Å². The van der Waals surface area contributed by atoms with Gasteiger partial charge in [-0.15, -0.1) is 11.3 Å². The Morgan fingerprint density at radius 3 is 2.77 bits per heavy atom. The van der Waals surface area contributed by atoms with Crippen LogP contribution in [0, 0.1) is 5.92 Å². The van der Waals surface area contributed by atoms with E-state index in [4.69, 9.17) is 4.42 Å². The van der Waals surface area contributed by atoms with Crippen LogP contribution in [0.2, 0.25) is 0 Å². The third-order valence-electron chi connectivity index (χ3n) is 4.66. The molecule has 4 rings (SSSR count). The van der Waals surface area contributed by atoms with Crippen molar-refractivity contribution in [1.82, 2.24) is 9.80 Å². The summed E-state index contributed by atoms with van der Waals surface area (Å²) in [7, 11) is 0. The van der Waals surface area contributed by atoms with Crippen LogP contribution in [-0.2, 0) is 11.3 Å². The molecule has 0 bridgehead atoms. The Bertz CT molecular complexity index is 615. The molecule has 0 N–H and O–H groups in total. The Labute approximate surface area is 134 Å². The summed E-state index contributed by atoms with van der Waals surface area (Å²) in [5.74, 6) is 1.74. The van der Waals surface area contributed by atoms with Gasteiger partial charge in [0.05, 0.1) is 6.26 Å². The molecule has 2 aromatic heterocycles. The molecule has 1 aliphatic carbocycles. The highest BCUT2D eigenvalue weighted by Gasteiger charge is 2.47.